The zero-order chi connectivity index (χ0) is 15.4. The third kappa shape index (κ3) is 3.95. The van der Waals surface area contributed by atoms with E-state index in [0.717, 1.165) is 38.8 Å². The van der Waals surface area contributed by atoms with Gasteiger partial charge in [-0.25, -0.2) is 0 Å². The molecule has 0 aromatic rings. The Balaban J connectivity index is 3.03. The molecule has 1 aliphatic rings. The second kappa shape index (κ2) is 6.57. The van der Waals surface area contributed by atoms with E-state index in [9.17, 15) is 9.59 Å². The molecule has 116 valence electrons. The van der Waals surface area contributed by atoms with Gasteiger partial charge in [-0.2, -0.15) is 0 Å². The van der Waals surface area contributed by atoms with Crippen molar-refractivity contribution < 1.29 is 14.7 Å². The van der Waals surface area contributed by atoms with Gasteiger partial charge in [-0.05, 0) is 53.1 Å². The van der Waals surface area contributed by atoms with Crippen LogP contribution >= 0.6 is 0 Å². The molecule has 0 bridgehead atoms. The molecule has 1 heterocycles. The number of piperidine rings is 1. The zero-order valence-corrected chi connectivity index (χ0v) is 13.2. The summed E-state index contributed by atoms with van der Waals surface area (Å²) in [6.45, 7) is 9.21. The average Bonchev–Trinajstić information content (AvgIpc) is 2.35. The maximum atomic E-state index is 13.0. The molecule has 0 unspecified atom stereocenters. The first-order valence-corrected chi connectivity index (χ1v) is 7.47. The fourth-order valence-electron chi connectivity index (χ4n) is 2.99. The van der Waals surface area contributed by atoms with Crippen LogP contribution in [0.1, 0.15) is 53.4 Å². The van der Waals surface area contributed by atoms with Crippen molar-refractivity contribution in [3.05, 3.63) is 0 Å². The monoisotopic (exact) mass is 284 g/mol. The molecular formula is C15H28N2O3. The van der Waals surface area contributed by atoms with Crippen LogP contribution in [0.3, 0.4) is 0 Å². The molecule has 2 N–H and O–H groups in total. The van der Waals surface area contributed by atoms with Crippen LogP contribution in [0.15, 0.2) is 0 Å². The lowest BCUT2D eigenvalue weighted by atomic mass is 9.73. The van der Waals surface area contributed by atoms with E-state index in [2.05, 4.69) is 12.2 Å². The molecule has 1 aliphatic heterocycles. The second-order valence-corrected chi connectivity index (χ2v) is 6.74. The maximum absolute atomic E-state index is 13.0. The summed E-state index contributed by atoms with van der Waals surface area (Å²) in [7, 11) is 0. The normalized spacial score (nSPS) is 18.6. The van der Waals surface area contributed by atoms with Crippen LogP contribution in [0, 0.1) is 5.41 Å². The molecule has 0 aliphatic carbocycles. The van der Waals surface area contributed by atoms with E-state index < -0.39 is 11.5 Å². The van der Waals surface area contributed by atoms with Crippen LogP contribution in [-0.2, 0) is 9.59 Å². The average molecular weight is 284 g/mol. The molecule has 0 atom stereocenters. The number of carbonyl (C=O) groups excluding carboxylic acids is 1. The third-order valence-corrected chi connectivity index (χ3v) is 4.09. The molecule has 20 heavy (non-hydrogen) atoms. The van der Waals surface area contributed by atoms with Crippen LogP contribution in [0.25, 0.3) is 0 Å². The van der Waals surface area contributed by atoms with Gasteiger partial charge in [0.05, 0.1) is 5.41 Å². The van der Waals surface area contributed by atoms with Crippen molar-refractivity contribution in [1.29, 1.82) is 0 Å². The highest BCUT2D eigenvalue weighted by Crippen LogP contribution is 2.37. The van der Waals surface area contributed by atoms with Gasteiger partial charge < -0.3 is 15.3 Å². The third-order valence-electron chi connectivity index (χ3n) is 4.09. The first-order chi connectivity index (χ1) is 9.23. The summed E-state index contributed by atoms with van der Waals surface area (Å²) < 4.78 is 0. The summed E-state index contributed by atoms with van der Waals surface area (Å²) in [5.74, 6) is -0.940. The zero-order valence-electron chi connectivity index (χ0n) is 13.2. The highest BCUT2D eigenvalue weighted by Gasteiger charge is 2.44. The Hall–Kier alpha value is -1.10. The van der Waals surface area contributed by atoms with Gasteiger partial charge in [0.1, 0.15) is 6.54 Å². The van der Waals surface area contributed by atoms with Crippen LogP contribution in [-0.4, -0.2) is 47.1 Å². The van der Waals surface area contributed by atoms with Crippen molar-refractivity contribution in [3.63, 3.8) is 0 Å². The summed E-state index contributed by atoms with van der Waals surface area (Å²) in [4.78, 5) is 25.7. The molecule has 0 aromatic heterocycles. The van der Waals surface area contributed by atoms with Crippen molar-refractivity contribution in [2.75, 3.05) is 19.6 Å². The predicted octanol–water partition coefficient (Wildman–Crippen LogP) is 1.87. The number of amides is 1. The minimum Gasteiger partial charge on any atom is -0.480 e. The fourth-order valence-corrected chi connectivity index (χ4v) is 2.99. The highest BCUT2D eigenvalue weighted by atomic mass is 16.4. The summed E-state index contributed by atoms with van der Waals surface area (Å²) in [6, 6.07) is 0. The van der Waals surface area contributed by atoms with Crippen molar-refractivity contribution in [1.82, 2.24) is 10.2 Å². The van der Waals surface area contributed by atoms with Crippen LogP contribution in [0.5, 0.6) is 0 Å². The van der Waals surface area contributed by atoms with E-state index in [4.69, 9.17) is 5.11 Å². The molecule has 0 aromatic carbocycles. The maximum Gasteiger partial charge on any atom is 0.323 e. The van der Waals surface area contributed by atoms with E-state index in [0.29, 0.717) is 0 Å². The first kappa shape index (κ1) is 17.0. The lowest BCUT2D eigenvalue weighted by Crippen LogP contribution is -2.56. The van der Waals surface area contributed by atoms with Crippen LogP contribution < -0.4 is 5.32 Å². The molecule has 5 nitrogen and oxygen atoms in total. The number of hydrogen-bond acceptors (Lipinski definition) is 3. The van der Waals surface area contributed by atoms with Crippen molar-refractivity contribution in [2.45, 2.75) is 58.9 Å². The molecule has 1 amide bonds. The Morgan fingerprint density at radius 2 is 1.80 bits per heavy atom. The van der Waals surface area contributed by atoms with Gasteiger partial charge in [-0.1, -0.05) is 13.3 Å². The van der Waals surface area contributed by atoms with Gasteiger partial charge in [0.25, 0.3) is 0 Å². The Kier molecular flexibility index (Phi) is 5.57. The Morgan fingerprint density at radius 1 is 1.25 bits per heavy atom. The Morgan fingerprint density at radius 3 is 2.20 bits per heavy atom. The van der Waals surface area contributed by atoms with Gasteiger partial charge in [-0.3, -0.25) is 9.59 Å². The van der Waals surface area contributed by atoms with E-state index in [-0.39, 0.29) is 17.9 Å². The molecule has 1 saturated heterocycles. The minimum atomic E-state index is -0.950. The number of carboxylic acid groups (broad SMARTS) is 1. The topological polar surface area (TPSA) is 69.6 Å². The largest absolute Gasteiger partial charge is 0.480 e. The van der Waals surface area contributed by atoms with Crippen molar-refractivity contribution >= 4 is 11.9 Å². The Bertz CT molecular complexity index is 349. The SMILES string of the molecule is CCCC1(C(=O)N(CC(=O)O)C(C)(C)C)CCNCC1. The van der Waals surface area contributed by atoms with Crippen LogP contribution in [0.2, 0.25) is 0 Å². The summed E-state index contributed by atoms with van der Waals surface area (Å²) in [5, 5.41) is 12.4. The van der Waals surface area contributed by atoms with Crippen molar-refractivity contribution in [3.8, 4) is 0 Å². The number of nitrogens with one attached hydrogen (secondary N) is 1. The number of carboxylic acids is 1. The smallest absolute Gasteiger partial charge is 0.323 e. The van der Waals surface area contributed by atoms with Crippen molar-refractivity contribution in [2.24, 2.45) is 5.41 Å². The van der Waals surface area contributed by atoms with E-state index in [1.54, 1.807) is 0 Å². The number of aliphatic carboxylic acids is 1. The highest BCUT2D eigenvalue weighted by molar-refractivity contribution is 5.86. The van der Waals surface area contributed by atoms with E-state index in [1.165, 1.54) is 4.90 Å². The lowest BCUT2D eigenvalue weighted by Gasteiger charge is -2.44. The molecule has 0 radical (unpaired) electrons. The van der Waals surface area contributed by atoms with Gasteiger partial charge >= 0.3 is 5.97 Å². The number of rotatable bonds is 5. The summed E-state index contributed by atoms with van der Waals surface area (Å²) >= 11 is 0. The fraction of sp³-hybridized carbons (Fsp3) is 0.867. The second-order valence-electron chi connectivity index (χ2n) is 6.74. The quantitative estimate of drug-likeness (QED) is 0.808. The minimum absolute atomic E-state index is 0.00995. The Labute approximate surface area is 121 Å². The summed E-state index contributed by atoms with van der Waals surface area (Å²) in [5.41, 5.74) is -0.857. The van der Waals surface area contributed by atoms with Gasteiger partial charge in [0, 0.05) is 5.54 Å². The number of carbonyl (C=O) groups is 2. The lowest BCUT2D eigenvalue weighted by molar-refractivity contribution is -0.156. The molecule has 0 saturated carbocycles. The van der Waals surface area contributed by atoms with Gasteiger partial charge in [0.15, 0.2) is 0 Å². The molecule has 1 rings (SSSR count). The molecule has 0 spiro atoms. The van der Waals surface area contributed by atoms with Crippen LogP contribution in [0.4, 0.5) is 0 Å². The van der Waals surface area contributed by atoms with Gasteiger partial charge in [-0.15, -0.1) is 0 Å². The standard InChI is InChI=1S/C15H28N2O3/c1-5-6-15(7-9-16-10-8-15)13(20)17(11-12(18)19)14(2,3)4/h16H,5-11H2,1-4H3,(H,18,19). The molecular weight excluding hydrogens is 256 g/mol. The van der Waals surface area contributed by atoms with Gasteiger partial charge in [0.2, 0.25) is 5.91 Å². The molecule has 5 heteroatoms. The summed E-state index contributed by atoms with van der Waals surface area (Å²) in [6.07, 6.45) is 3.37. The number of hydrogen-bond donors (Lipinski definition) is 2. The number of nitrogens with zero attached hydrogens (tertiary/aromatic N) is 1. The predicted molar refractivity (Wildman–Crippen MR) is 78.5 cm³/mol. The molecule has 1 fully saturated rings. The van der Waals surface area contributed by atoms with E-state index >= 15 is 0 Å². The first-order valence-electron chi connectivity index (χ1n) is 7.47. The van der Waals surface area contributed by atoms with E-state index in [1.807, 2.05) is 20.8 Å².